The molecule has 8 rings (SSSR count). The van der Waals surface area contributed by atoms with E-state index in [0.717, 1.165) is 17.8 Å². The topological polar surface area (TPSA) is 299 Å². The number of para-hydroxylation sites is 3. The zero-order valence-corrected chi connectivity index (χ0v) is 45.4. The van der Waals surface area contributed by atoms with Gasteiger partial charge in [-0.3, -0.25) is 23.5 Å². The van der Waals surface area contributed by atoms with Crippen LogP contribution in [0.1, 0.15) is 96.4 Å². The van der Waals surface area contributed by atoms with E-state index in [9.17, 15) is 41.9 Å². The molecule has 3 atom stereocenters. The molecule has 19 nitrogen and oxygen atoms in total. The normalized spacial score (nSPS) is 11.9. The Kier molecular flexibility index (Phi) is 22.2. The van der Waals surface area contributed by atoms with Gasteiger partial charge in [0, 0.05) is 11.4 Å². The summed E-state index contributed by atoms with van der Waals surface area (Å²) in [5, 5.41) is 22.2. The molecular formula is C58H64F3N9O10. The molecule has 0 aliphatic rings. The molecular weight excluding hydrogens is 1040 g/mol. The number of nitrogens with two attached hydrogens (primary N) is 3. The van der Waals surface area contributed by atoms with Gasteiger partial charge in [-0.25, -0.2) is 37.5 Å². The van der Waals surface area contributed by atoms with Crippen molar-refractivity contribution in [3.63, 3.8) is 0 Å². The minimum Gasteiger partial charge on any atom is -0.480 e. The number of aromatic nitrogens is 4. The molecule has 2 heterocycles. The van der Waals surface area contributed by atoms with Crippen molar-refractivity contribution >= 4 is 57.3 Å². The molecule has 0 radical (unpaired) electrons. The van der Waals surface area contributed by atoms with Gasteiger partial charge >= 0.3 is 24.1 Å². The number of ether oxygens (including phenoxy) is 2. The molecule has 80 heavy (non-hydrogen) atoms. The molecule has 0 aliphatic carbocycles. The van der Waals surface area contributed by atoms with Crippen LogP contribution in [0.4, 0.5) is 34.1 Å². The van der Waals surface area contributed by atoms with Crippen LogP contribution in [0.5, 0.6) is 0 Å². The van der Waals surface area contributed by atoms with E-state index in [1.165, 1.54) is 58.5 Å². The van der Waals surface area contributed by atoms with E-state index in [4.69, 9.17) is 36.9 Å². The maximum absolute atomic E-state index is 13.7. The van der Waals surface area contributed by atoms with Crippen molar-refractivity contribution in [1.29, 1.82) is 0 Å². The number of amides is 2. The number of nitrogen functional groups attached to an aromatic ring is 2. The lowest BCUT2D eigenvalue weighted by Crippen LogP contribution is -2.41. The zero-order valence-electron chi connectivity index (χ0n) is 45.4. The lowest BCUT2D eigenvalue weighted by molar-refractivity contribution is -0.139. The Morgan fingerprint density at radius 1 is 0.562 bits per heavy atom. The van der Waals surface area contributed by atoms with Crippen molar-refractivity contribution in [1.82, 2.24) is 29.7 Å². The third kappa shape index (κ3) is 19.2. The van der Waals surface area contributed by atoms with Crippen LogP contribution in [0.15, 0.2) is 155 Å². The second kappa shape index (κ2) is 28.2. The Morgan fingerprint density at radius 2 is 0.950 bits per heavy atom. The van der Waals surface area contributed by atoms with Gasteiger partial charge in [0.05, 0.1) is 50.8 Å². The fourth-order valence-corrected chi connectivity index (χ4v) is 6.86. The van der Waals surface area contributed by atoms with Gasteiger partial charge in [-0.1, -0.05) is 54.6 Å². The van der Waals surface area contributed by atoms with E-state index < -0.39 is 76.5 Å². The average Bonchev–Trinajstić information content (AvgIpc) is 3.37. The lowest BCUT2D eigenvalue weighted by atomic mass is 10.2. The van der Waals surface area contributed by atoms with Crippen LogP contribution in [0, 0.1) is 17.5 Å². The van der Waals surface area contributed by atoms with Crippen LogP contribution in [0.3, 0.4) is 0 Å². The molecule has 0 saturated heterocycles. The number of carbonyl (C=O) groups is 4. The summed E-state index contributed by atoms with van der Waals surface area (Å²) in [7, 11) is 0. The number of halogens is 3. The minimum atomic E-state index is -1.22. The molecule has 0 saturated carbocycles. The number of rotatable bonds is 8. The Bertz CT molecular complexity index is 3540. The third-order valence-corrected chi connectivity index (χ3v) is 10.4. The maximum atomic E-state index is 13.7. The van der Waals surface area contributed by atoms with E-state index in [0.29, 0.717) is 34.1 Å². The van der Waals surface area contributed by atoms with Crippen LogP contribution >= 0.6 is 0 Å². The summed E-state index contributed by atoms with van der Waals surface area (Å²) in [6, 6.07) is 36.5. The van der Waals surface area contributed by atoms with Gasteiger partial charge in [-0.2, -0.15) is 0 Å². The number of hydrogen-bond acceptors (Lipinski definition) is 13. The molecule has 6 aromatic carbocycles. The van der Waals surface area contributed by atoms with Crippen molar-refractivity contribution in [3.05, 3.63) is 201 Å². The molecule has 8 aromatic rings. The summed E-state index contributed by atoms with van der Waals surface area (Å²) in [4.78, 5) is 78.6. The summed E-state index contributed by atoms with van der Waals surface area (Å²) < 4.78 is 52.4. The second-order valence-corrected chi connectivity index (χ2v) is 19.5. The summed E-state index contributed by atoms with van der Waals surface area (Å²) in [5.74, 6) is -3.12. The monoisotopic (exact) mass is 1100 g/mol. The molecule has 422 valence electrons. The third-order valence-electron chi connectivity index (χ3n) is 10.4. The van der Waals surface area contributed by atoms with Gasteiger partial charge < -0.3 is 47.5 Å². The van der Waals surface area contributed by atoms with Gasteiger partial charge in [-0.15, -0.1) is 0 Å². The number of carboxylic acids is 2. The number of hydrogen-bond donors (Lipinski definition) is 7. The molecule has 22 heteroatoms. The zero-order chi connectivity index (χ0) is 59.6. The van der Waals surface area contributed by atoms with Gasteiger partial charge in [0.2, 0.25) is 0 Å². The molecule has 0 spiro atoms. The van der Waals surface area contributed by atoms with Crippen molar-refractivity contribution in [2.24, 2.45) is 5.73 Å². The summed E-state index contributed by atoms with van der Waals surface area (Å²) in [6.07, 6.45) is -1.34. The van der Waals surface area contributed by atoms with Crippen LogP contribution in [0.2, 0.25) is 0 Å². The SMILES string of the molecule is C[C@H](N)c1nc2ccc(F)cc2c(=O)n1-c1ccccc1.C[C@H](NC(=O)OC(C)(C)C)C(=O)O.C[C@H](NC(=O)OC(C)(C)C)c1nc2ccc(F)cc2c(=O)n1-c1ccccc1.Nc1ccc(F)cc1C(=O)O.Nc1ccccc1. The second-order valence-electron chi connectivity index (χ2n) is 19.5. The van der Waals surface area contributed by atoms with Crippen LogP contribution in [-0.2, 0) is 14.3 Å². The van der Waals surface area contributed by atoms with E-state index in [2.05, 4.69) is 20.6 Å². The first-order chi connectivity index (χ1) is 37.5. The number of carbonyl (C=O) groups excluding carboxylic acids is 2. The smallest absolute Gasteiger partial charge is 0.408 e. The predicted molar refractivity (Wildman–Crippen MR) is 300 cm³/mol. The molecule has 2 aromatic heterocycles. The molecule has 0 unspecified atom stereocenters. The number of benzene rings is 6. The first kappa shape index (κ1) is 63.0. The predicted octanol–water partition coefficient (Wildman–Crippen LogP) is 10.0. The number of alkyl carbamates (subject to hydrolysis) is 2. The molecule has 0 fully saturated rings. The summed E-state index contributed by atoms with van der Waals surface area (Å²) in [5.41, 5.74) is 17.3. The Labute approximate surface area is 458 Å². The highest BCUT2D eigenvalue weighted by Crippen LogP contribution is 2.21. The number of aromatic carboxylic acids is 1. The van der Waals surface area contributed by atoms with Crippen molar-refractivity contribution in [2.75, 3.05) is 11.5 Å². The van der Waals surface area contributed by atoms with E-state index in [1.807, 2.05) is 54.6 Å². The number of aliphatic carboxylic acids is 1. The minimum absolute atomic E-state index is 0.0684. The van der Waals surface area contributed by atoms with Crippen LogP contribution in [-0.4, -0.2) is 70.7 Å². The van der Waals surface area contributed by atoms with E-state index in [1.54, 1.807) is 91.8 Å². The Morgan fingerprint density at radius 3 is 1.32 bits per heavy atom. The number of fused-ring (bicyclic) bond motifs is 2. The van der Waals surface area contributed by atoms with Crippen molar-refractivity contribution in [2.45, 2.75) is 91.6 Å². The first-order valence-electron chi connectivity index (χ1n) is 24.6. The van der Waals surface area contributed by atoms with Gasteiger partial charge in [0.25, 0.3) is 11.1 Å². The maximum Gasteiger partial charge on any atom is 0.408 e. The van der Waals surface area contributed by atoms with E-state index in [-0.39, 0.29) is 27.6 Å². The standard InChI is InChI=1S/C21H22FN3O3.C16H14FN3O.C8H15NO4.C7H6FNO2.C6H7N/c1-13(23-20(27)28-21(2,3)4)18-24-17-11-10-14(22)12-16(17)19(26)25(18)15-8-6-5-7-9-15;1-10(18)15-19-14-8-7-11(17)9-13(14)16(21)20(15)12-5-3-2-4-6-12;1-5(6(10)11)9-7(12)13-8(2,3)4;8-4-1-2-6(9)5(3-4)7(10)11;7-6-4-2-1-3-5-6/h5-13H,1-4H3,(H,23,27);2-10H,18H2,1H3;5H,1-4H3,(H,9,12)(H,10,11);1-3H,9H2,(H,10,11);1-5H,7H2/t13-;10-;5-;;/m000../s1. The number of nitrogens with zero attached hydrogens (tertiary/aromatic N) is 4. The fourth-order valence-electron chi connectivity index (χ4n) is 6.86. The largest absolute Gasteiger partial charge is 0.480 e. The molecule has 2 amide bonds. The number of anilines is 2. The molecule has 0 aliphatic heterocycles. The summed E-state index contributed by atoms with van der Waals surface area (Å²) in [6.45, 7) is 15.2. The Hall–Kier alpha value is -9.57. The van der Waals surface area contributed by atoms with Crippen molar-refractivity contribution < 1.29 is 52.0 Å². The van der Waals surface area contributed by atoms with Gasteiger partial charge in [0.15, 0.2) is 0 Å². The number of carboxylic acid groups (broad SMARTS) is 2. The first-order valence-corrected chi connectivity index (χ1v) is 24.6. The average molecular weight is 1100 g/mol. The fraction of sp³-hybridized carbons (Fsp3) is 0.241. The molecule has 10 N–H and O–H groups in total. The highest BCUT2D eigenvalue weighted by atomic mass is 19.1. The summed E-state index contributed by atoms with van der Waals surface area (Å²) >= 11 is 0. The highest BCUT2D eigenvalue weighted by molar-refractivity contribution is 5.93. The van der Waals surface area contributed by atoms with Crippen LogP contribution in [0.25, 0.3) is 33.2 Å². The number of nitrogens with one attached hydrogen (secondary N) is 2. The lowest BCUT2D eigenvalue weighted by Gasteiger charge is -2.23. The van der Waals surface area contributed by atoms with Gasteiger partial charge in [0.1, 0.15) is 46.3 Å². The van der Waals surface area contributed by atoms with Gasteiger partial charge in [-0.05, 0) is 153 Å². The van der Waals surface area contributed by atoms with Crippen LogP contribution < -0.4 is 39.0 Å². The van der Waals surface area contributed by atoms with Crippen molar-refractivity contribution in [3.8, 4) is 11.4 Å². The Balaban J connectivity index is 0.000000233. The van der Waals surface area contributed by atoms with E-state index >= 15 is 0 Å². The highest BCUT2D eigenvalue weighted by Gasteiger charge is 2.24. The quantitative estimate of drug-likeness (QED) is 0.0696. The molecule has 0 bridgehead atoms.